The van der Waals surface area contributed by atoms with E-state index in [1.165, 1.54) is 0 Å². The molecule has 1 unspecified atom stereocenters. The fourth-order valence-corrected chi connectivity index (χ4v) is 2.19. The highest BCUT2D eigenvalue weighted by molar-refractivity contribution is 7.99. The van der Waals surface area contributed by atoms with Gasteiger partial charge in [-0.1, -0.05) is 13.0 Å². The molecule has 0 saturated carbocycles. The Morgan fingerprint density at radius 3 is 2.82 bits per heavy atom. The summed E-state index contributed by atoms with van der Waals surface area (Å²) >= 11 is 1.85. The smallest absolute Gasteiger partial charge is 0.274 e. The molecule has 0 radical (unpaired) electrons. The Bertz CT molecular complexity index is 396. The minimum Gasteiger partial charge on any atom is -0.382 e. The number of anilines is 1. The van der Waals surface area contributed by atoms with E-state index in [-0.39, 0.29) is 10.6 Å². The number of thioether (sulfide) groups is 1. The van der Waals surface area contributed by atoms with E-state index in [4.69, 9.17) is 0 Å². The summed E-state index contributed by atoms with van der Waals surface area (Å²) in [6.07, 6.45) is 0. The lowest BCUT2D eigenvalue weighted by atomic mass is 10.2. The van der Waals surface area contributed by atoms with Crippen LogP contribution in [0.25, 0.3) is 0 Å². The quantitative estimate of drug-likeness (QED) is 0.624. The SMILES string of the molecule is CCSCC(C)Nc1ccc(C)c([N+](=O)[O-])c1. The van der Waals surface area contributed by atoms with Gasteiger partial charge in [-0.15, -0.1) is 0 Å². The van der Waals surface area contributed by atoms with Crippen molar-refractivity contribution < 1.29 is 4.92 Å². The van der Waals surface area contributed by atoms with Crippen molar-refractivity contribution in [2.75, 3.05) is 16.8 Å². The molecule has 0 bridgehead atoms. The Morgan fingerprint density at radius 2 is 2.24 bits per heavy atom. The molecule has 0 heterocycles. The molecule has 4 nitrogen and oxygen atoms in total. The monoisotopic (exact) mass is 254 g/mol. The summed E-state index contributed by atoms with van der Waals surface area (Å²) in [6.45, 7) is 5.95. The molecule has 5 heteroatoms. The number of nitro benzene ring substituents is 1. The molecule has 1 rings (SSSR count). The van der Waals surface area contributed by atoms with Gasteiger partial charge in [0, 0.05) is 29.1 Å². The number of nitrogens with one attached hydrogen (secondary N) is 1. The maximum absolute atomic E-state index is 10.8. The lowest BCUT2D eigenvalue weighted by molar-refractivity contribution is -0.385. The van der Waals surface area contributed by atoms with Crippen LogP contribution in [0.15, 0.2) is 18.2 Å². The Balaban J connectivity index is 2.72. The molecule has 1 aromatic rings. The molecule has 0 spiro atoms. The third kappa shape index (κ3) is 4.26. The molecule has 0 saturated heterocycles. The standard InChI is InChI=1S/C12H18N2O2S/c1-4-17-8-10(3)13-11-6-5-9(2)12(7-11)14(15)16/h5-7,10,13H,4,8H2,1-3H3. The van der Waals surface area contributed by atoms with Crippen LogP contribution in [0.1, 0.15) is 19.4 Å². The van der Waals surface area contributed by atoms with Crippen molar-refractivity contribution in [3.63, 3.8) is 0 Å². The van der Waals surface area contributed by atoms with Crippen LogP contribution < -0.4 is 5.32 Å². The molecule has 94 valence electrons. The molecule has 0 aliphatic heterocycles. The van der Waals surface area contributed by atoms with Gasteiger partial charge in [0.25, 0.3) is 5.69 Å². The van der Waals surface area contributed by atoms with Crippen LogP contribution in [0.2, 0.25) is 0 Å². The maximum atomic E-state index is 10.8. The van der Waals surface area contributed by atoms with E-state index in [0.717, 1.165) is 17.2 Å². The zero-order chi connectivity index (χ0) is 12.8. The minimum atomic E-state index is -0.341. The van der Waals surface area contributed by atoms with E-state index in [1.807, 2.05) is 17.8 Å². The Kier molecular flexibility index (Phi) is 5.28. The van der Waals surface area contributed by atoms with Crippen LogP contribution >= 0.6 is 11.8 Å². The first-order valence-electron chi connectivity index (χ1n) is 5.64. The highest BCUT2D eigenvalue weighted by Crippen LogP contribution is 2.23. The van der Waals surface area contributed by atoms with Gasteiger partial charge in [-0.05, 0) is 25.7 Å². The molecule has 1 N–H and O–H groups in total. The molecule has 0 amide bonds. The van der Waals surface area contributed by atoms with Crippen LogP contribution in [0.3, 0.4) is 0 Å². The van der Waals surface area contributed by atoms with Crippen LogP contribution in [-0.4, -0.2) is 22.5 Å². The van der Waals surface area contributed by atoms with Crippen molar-refractivity contribution in [2.45, 2.75) is 26.8 Å². The number of nitrogens with zero attached hydrogens (tertiary/aromatic N) is 1. The molecule has 0 aromatic heterocycles. The third-order valence-corrected chi connectivity index (χ3v) is 3.53. The number of aryl methyl sites for hydroxylation is 1. The zero-order valence-corrected chi connectivity index (χ0v) is 11.2. The number of hydrogen-bond acceptors (Lipinski definition) is 4. The molecule has 0 fully saturated rings. The van der Waals surface area contributed by atoms with E-state index < -0.39 is 0 Å². The normalized spacial score (nSPS) is 12.2. The maximum Gasteiger partial charge on any atom is 0.274 e. The van der Waals surface area contributed by atoms with Crippen LogP contribution in [0.4, 0.5) is 11.4 Å². The van der Waals surface area contributed by atoms with Crippen molar-refractivity contribution in [3.8, 4) is 0 Å². The second-order valence-corrected chi connectivity index (χ2v) is 5.28. The second kappa shape index (κ2) is 6.49. The van der Waals surface area contributed by atoms with E-state index in [9.17, 15) is 10.1 Å². The van der Waals surface area contributed by atoms with Crippen molar-refractivity contribution in [1.29, 1.82) is 0 Å². The second-order valence-electron chi connectivity index (χ2n) is 3.96. The number of hydrogen-bond donors (Lipinski definition) is 1. The van der Waals surface area contributed by atoms with Gasteiger partial charge < -0.3 is 5.32 Å². The lowest BCUT2D eigenvalue weighted by Gasteiger charge is -2.14. The number of benzene rings is 1. The van der Waals surface area contributed by atoms with E-state index in [0.29, 0.717) is 11.6 Å². The fraction of sp³-hybridized carbons (Fsp3) is 0.500. The molecular formula is C12H18N2O2S. The Morgan fingerprint density at radius 1 is 1.53 bits per heavy atom. The summed E-state index contributed by atoms with van der Waals surface area (Å²) in [5.74, 6) is 2.08. The summed E-state index contributed by atoms with van der Waals surface area (Å²) in [5, 5.41) is 14.1. The van der Waals surface area contributed by atoms with Gasteiger partial charge in [0.1, 0.15) is 0 Å². The lowest BCUT2D eigenvalue weighted by Crippen LogP contribution is -2.18. The van der Waals surface area contributed by atoms with Crippen LogP contribution in [0.5, 0.6) is 0 Å². The number of nitro groups is 1. The van der Waals surface area contributed by atoms with Gasteiger partial charge in [-0.2, -0.15) is 11.8 Å². The van der Waals surface area contributed by atoms with Gasteiger partial charge in [-0.3, -0.25) is 10.1 Å². The van der Waals surface area contributed by atoms with E-state index >= 15 is 0 Å². The topological polar surface area (TPSA) is 55.2 Å². The minimum absolute atomic E-state index is 0.172. The summed E-state index contributed by atoms with van der Waals surface area (Å²) in [4.78, 5) is 10.5. The molecule has 1 atom stereocenters. The largest absolute Gasteiger partial charge is 0.382 e. The molecular weight excluding hydrogens is 236 g/mol. The van der Waals surface area contributed by atoms with Crippen molar-refractivity contribution in [2.24, 2.45) is 0 Å². The molecule has 1 aromatic carbocycles. The van der Waals surface area contributed by atoms with Gasteiger partial charge in [0.15, 0.2) is 0 Å². The predicted molar refractivity (Wildman–Crippen MR) is 73.9 cm³/mol. The third-order valence-electron chi connectivity index (χ3n) is 2.39. The van der Waals surface area contributed by atoms with Crippen molar-refractivity contribution in [3.05, 3.63) is 33.9 Å². The molecule has 17 heavy (non-hydrogen) atoms. The molecule has 0 aliphatic carbocycles. The first kappa shape index (κ1) is 13.8. The first-order chi connectivity index (χ1) is 8.04. The van der Waals surface area contributed by atoms with Gasteiger partial charge in [-0.25, -0.2) is 0 Å². The highest BCUT2D eigenvalue weighted by Gasteiger charge is 2.11. The van der Waals surface area contributed by atoms with E-state index in [1.54, 1.807) is 19.1 Å². The average molecular weight is 254 g/mol. The highest BCUT2D eigenvalue weighted by atomic mass is 32.2. The number of rotatable bonds is 6. The average Bonchev–Trinajstić information content (AvgIpc) is 2.28. The Hall–Kier alpha value is -1.23. The summed E-state index contributed by atoms with van der Waals surface area (Å²) in [7, 11) is 0. The zero-order valence-electron chi connectivity index (χ0n) is 10.4. The van der Waals surface area contributed by atoms with Gasteiger partial charge in [0.05, 0.1) is 4.92 Å². The van der Waals surface area contributed by atoms with Crippen LogP contribution in [0, 0.1) is 17.0 Å². The summed E-state index contributed by atoms with van der Waals surface area (Å²) in [6, 6.07) is 5.57. The summed E-state index contributed by atoms with van der Waals surface area (Å²) < 4.78 is 0. The fourth-order valence-electron chi connectivity index (χ4n) is 1.52. The van der Waals surface area contributed by atoms with Crippen molar-refractivity contribution >= 4 is 23.1 Å². The van der Waals surface area contributed by atoms with Gasteiger partial charge in [0.2, 0.25) is 0 Å². The van der Waals surface area contributed by atoms with Crippen molar-refractivity contribution in [1.82, 2.24) is 0 Å². The Labute approximate surface area is 106 Å². The van der Waals surface area contributed by atoms with Crippen LogP contribution in [-0.2, 0) is 0 Å². The predicted octanol–water partition coefficient (Wildman–Crippen LogP) is 3.46. The summed E-state index contributed by atoms with van der Waals surface area (Å²) in [5.41, 5.74) is 1.67. The molecule has 0 aliphatic rings. The van der Waals surface area contributed by atoms with Gasteiger partial charge >= 0.3 is 0 Å². The van der Waals surface area contributed by atoms with E-state index in [2.05, 4.69) is 19.2 Å². The first-order valence-corrected chi connectivity index (χ1v) is 6.79.